The minimum Gasteiger partial charge on any atom is -0.484 e. The van der Waals surface area contributed by atoms with Gasteiger partial charge in [0, 0.05) is 19.1 Å². The Kier molecular flexibility index (Phi) is 5.01. The fourth-order valence-electron chi connectivity index (χ4n) is 2.72. The van der Waals surface area contributed by atoms with Crippen molar-refractivity contribution in [3.05, 3.63) is 29.3 Å². The molecule has 1 amide bonds. The largest absolute Gasteiger partial charge is 0.484 e. The Morgan fingerprint density at radius 1 is 1.40 bits per heavy atom. The van der Waals surface area contributed by atoms with Crippen LogP contribution in [0.3, 0.4) is 0 Å². The topological polar surface area (TPSA) is 55.6 Å². The van der Waals surface area contributed by atoms with Crippen LogP contribution in [0.5, 0.6) is 5.75 Å². The molecular weight excluding hydrogens is 252 g/mol. The molecule has 0 spiro atoms. The number of carbonyl (C=O) groups is 1. The summed E-state index contributed by atoms with van der Waals surface area (Å²) in [5.74, 6) is 0.763. The molecular formula is C16H24N2O2. The van der Waals surface area contributed by atoms with Crippen molar-refractivity contribution in [2.24, 2.45) is 5.73 Å². The molecule has 0 unspecified atom stereocenters. The molecule has 1 atom stereocenters. The van der Waals surface area contributed by atoms with Gasteiger partial charge in [0.05, 0.1) is 0 Å². The number of hydrogen-bond acceptors (Lipinski definition) is 3. The van der Waals surface area contributed by atoms with Crippen LogP contribution >= 0.6 is 0 Å². The minimum atomic E-state index is 0.0250. The smallest absolute Gasteiger partial charge is 0.260 e. The first-order chi connectivity index (χ1) is 9.65. The lowest BCUT2D eigenvalue weighted by Crippen LogP contribution is -2.34. The van der Waals surface area contributed by atoms with E-state index >= 15 is 0 Å². The number of hydrogen-bond donors (Lipinski definition) is 1. The van der Waals surface area contributed by atoms with E-state index in [1.54, 1.807) is 4.90 Å². The zero-order valence-electron chi connectivity index (χ0n) is 12.4. The number of rotatable bonds is 5. The van der Waals surface area contributed by atoms with Crippen LogP contribution in [0, 0.1) is 0 Å². The molecule has 4 nitrogen and oxygen atoms in total. The number of likely N-dealkylation sites (N-methyl/N-ethyl adjacent to an activating group) is 1. The zero-order chi connectivity index (χ0) is 14.5. The Bertz CT molecular complexity index is 470. The first-order valence-corrected chi connectivity index (χ1v) is 7.44. The molecule has 0 bridgehead atoms. The fourth-order valence-corrected chi connectivity index (χ4v) is 2.72. The number of ether oxygens (including phenoxy) is 1. The minimum absolute atomic E-state index is 0.0250. The number of nitrogens with zero attached hydrogens (tertiary/aromatic N) is 1. The maximum absolute atomic E-state index is 11.9. The Labute approximate surface area is 120 Å². The lowest BCUT2D eigenvalue weighted by atomic mass is 9.88. The second kappa shape index (κ2) is 6.75. The molecule has 20 heavy (non-hydrogen) atoms. The highest BCUT2D eigenvalue weighted by Crippen LogP contribution is 2.30. The molecule has 0 aliphatic heterocycles. The monoisotopic (exact) mass is 276 g/mol. The first-order valence-electron chi connectivity index (χ1n) is 7.44. The maximum Gasteiger partial charge on any atom is 0.260 e. The van der Waals surface area contributed by atoms with Gasteiger partial charge in [-0.15, -0.1) is 0 Å². The summed E-state index contributed by atoms with van der Waals surface area (Å²) in [4.78, 5) is 13.7. The second-order valence-electron chi connectivity index (χ2n) is 5.21. The second-order valence-corrected chi connectivity index (χ2v) is 5.21. The van der Waals surface area contributed by atoms with E-state index in [1.165, 1.54) is 11.1 Å². The number of amides is 1. The van der Waals surface area contributed by atoms with Gasteiger partial charge in [0.1, 0.15) is 5.75 Å². The molecule has 0 saturated carbocycles. The van der Waals surface area contributed by atoms with Crippen molar-refractivity contribution in [2.75, 3.05) is 19.7 Å². The van der Waals surface area contributed by atoms with Crippen molar-refractivity contribution in [1.29, 1.82) is 0 Å². The predicted octanol–water partition coefficient (Wildman–Crippen LogP) is 2.27. The van der Waals surface area contributed by atoms with Crippen LogP contribution in [0.4, 0.5) is 0 Å². The molecule has 0 aromatic heterocycles. The highest BCUT2D eigenvalue weighted by atomic mass is 16.5. The van der Waals surface area contributed by atoms with Crippen molar-refractivity contribution in [1.82, 2.24) is 4.90 Å². The third kappa shape index (κ3) is 3.31. The van der Waals surface area contributed by atoms with E-state index in [4.69, 9.17) is 10.5 Å². The van der Waals surface area contributed by atoms with Crippen molar-refractivity contribution in [2.45, 2.75) is 39.2 Å². The van der Waals surface area contributed by atoms with Crippen molar-refractivity contribution in [3.8, 4) is 5.75 Å². The molecule has 2 N–H and O–H groups in total. The SMILES string of the molecule is CCN(CC)C(=O)COc1ccc2c(c1)[C@H](N)CCC2. The van der Waals surface area contributed by atoms with E-state index in [2.05, 4.69) is 6.07 Å². The predicted molar refractivity (Wildman–Crippen MR) is 79.7 cm³/mol. The molecule has 0 saturated heterocycles. The van der Waals surface area contributed by atoms with Gasteiger partial charge in [-0.2, -0.15) is 0 Å². The van der Waals surface area contributed by atoms with Gasteiger partial charge in [-0.25, -0.2) is 0 Å². The van der Waals surface area contributed by atoms with Gasteiger partial charge in [-0.1, -0.05) is 6.07 Å². The van der Waals surface area contributed by atoms with Gasteiger partial charge in [0.25, 0.3) is 5.91 Å². The van der Waals surface area contributed by atoms with E-state index in [1.807, 2.05) is 26.0 Å². The summed E-state index contributed by atoms with van der Waals surface area (Å²) in [5, 5.41) is 0. The Morgan fingerprint density at radius 2 is 2.15 bits per heavy atom. The molecule has 1 aromatic rings. The standard InChI is InChI=1S/C16H24N2O2/c1-3-18(4-2)16(19)11-20-13-9-8-12-6-5-7-15(17)14(12)10-13/h8-10,15H,3-7,11,17H2,1-2H3/t15-/m1/s1. The molecule has 4 heteroatoms. The Balaban J connectivity index is 2.00. The van der Waals surface area contributed by atoms with Crippen molar-refractivity contribution >= 4 is 5.91 Å². The molecule has 0 fully saturated rings. The van der Waals surface area contributed by atoms with Crippen LogP contribution in [0.25, 0.3) is 0 Å². The summed E-state index contributed by atoms with van der Waals surface area (Å²) in [7, 11) is 0. The molecule has 2 rings (SSSR count). The third-order valence-corrected chi connectivity index (χ3v) is 3.96. The number of fused-ring (bicyclic) bond motifs is 1. The van der Waals surface area contributed by atoms with E-state index < -0.39 is 0 Å². The van der Waals surface area contributed by atoms with Crippen LogP contribution in [0.1, 0.15) is 43.9 Å². The van der Waals surface area contributed by atoms with E-state index in [0.717, 1.165) is 25.0 Å². The summed E-state index contributed by atoms with van der Waals surface area (Å²) < 4.78 is 5.62. The molecule has 1 aliphatic rings. The van der Waals surface area contributed by atoms with Gasteiger partial charge >= 0.3 is 0 Å². The normalized spacial score (nSPS) is 17.4. The van der Waals surface area contributed by atoms with Gasteiger partial charge < -0.3 is 15.4 Å². The summed E-state index contributed by atoms with van der Waals surface area (Å²) >= 11 is 0. The van der Waals surface area contributed by atoms with Gasteiger partial charge in [0.15, 0.2) is 6.61 Å². The lowest BCUT2D eigenvalue weighted by molar-refractivity contribution is -0.132. The Morgan fingerprint density at radius 3 is 2.85 bits per heavy atom. The van der Waals surface area contributed by atoms with Crippen LogP contribution in [-0.2, 0) is 11.2 Å². The summed E-state index contributed by atoms with van der Waals surface area (Å²) in [5.41, 5.74) is 8.61. The zero-order valence-corrected chi connectivity index (χ0v) is 12.4. The lowest BCUT2D eigenvalue weighted by Gasteiger charge is -2.23. The molecule has 1 aliphatic carbocycles. The van der Waals surface area contributed by atoms with Crippen LogP contribution in [-0.4, -0.2) is 30.5 Å². The van der Waals surface area contributed by atoms with E-state index in [-0.39, 0.29) is 18.6 Å². The average Bonchev–Trinajstić information content (AvgIpc) is 2.47. The molecule has 110 valence electrons. The van der Waals surface area contributed by atoms with Crippen molar-refractivity contribution < 1.29 is 9.53 Å². The van der Waals surface area contributed by atoms with Crippen LogP contribution in [0.2, 0.25) is 0 Å². The quantitative estimate of drug-likeness (QED) is 0.897. The van der Waals surface area contributed by atoms with Crippen molar-refractivity contribution in [3.63, 3.8) is 0 Å². The van der Waals surface area contributed by atoms with E-state index in [0.29, 0.717) is 13.1 Å². The summed E-state index contributed by atoms with van der Waals surface area (Å²) in [6, 6.07) is 6.10. The molecule has 0 radical (unpaired) electrons. The average molecular weight is 276 g/mol. The highest BCUT2D eigenvalue weighted by Gasteiger charge is 2.17. The van der Waals surface area contributed by atoms with Crippen LogP contribution in [0.15, 0.2) is 18.2 Å². The van der Waals surface area contributed by atoms with Crippen LogP contribution < -0.4 is 10.5 Å². The van der Waals surface area contributed by atoms with Gasteiger partial charge in [-0.3, -0.25) is 4.79 Å². The Hall–Kier alpha value is -1.55. The number of benzene rings is 1. The highest BCUT2D eigenvalue weighted by molar-refractivity contribution is 5.77. The fraction of sp³-hybridized carbons (Fsp3) is 0.562. The molecule has 0 heterocycles. The summed E-state index contributed by atoms with van der Waals surface area (Å²) in [6.07, 6.45) is 3.26. The number of aryl methyl sites for hydroxylation is 1. The van der Waals surface area contributed by atoms with E-state index in [9.17, 15) is 4.79 Å². The van der Waals surface area contributed by atoms with Gasteiger partial charge in [-0.05, 0) is 56.4 Å². The van der Waals surface area contributed by atoms with Gasteiger partial charge in [0.2, 0.25) is 0 Å². The maximum atomic E-state index is 11.9. The first kappa shape index (κ1) is 14.9. The molecule has 1 aromatic carbocycles. The third-order valence-electron chi connectivity index (χ3n) is 3.96. The summed E-state index contributed by atoms with van der Waals surface area (Å²) in [6.45, 7) is 5.47. The number of nitrogens with two attached hydrogens (primary N) is 1. The number of carbonyl (C=O) groups excluding carboxylic acids is 1.